The van der Waals surface area contributed by atoms with E-state index in [4.69, 9.17) is 4.74 Å². The van der Waals surface area contributed by atoms with Crippen LogP contribution < -0.4 is 10.2 Å². The van der Waals surface area contributed by atoms with Crippen LogP contribution in [0.15, 0.2) is 23.3 Å². The van der Waals surface area contributed by atoms with Crippen molar-refractivity contribution in [2.45, 2.75) is 46.1 Å². The van der Waals surface area contributed by atoms with Gasteiger partial charge < -0.3 is 19.9 Å². The van der Waals surface area contributed by atoms with E-state index in [-0.39, 0.29) is 11.9 Å². The van der Waals surface area contributed by atoms with Gasteiger partial charge in [-0.15, -0.1) is 0 Å². The monoisotopic (exact) mass is 401 g/mol. The topological polar surface area (TPSA) is 70.1 Å². The number of ether oxygens (including phenoxy) is 1. The first-order chi connectivity index (χ1) is 14.1. The molecule has 29 heavy (non-hydrogen) atoms. The van der Waals surface area contributed by atoms with Crippen molar-refractivity contribution in [1.82, 2.24) is 15.2 Å². The lowest BCUT2D eigenvalue weighted by atomic mass is 9.97. The van der Waals surface area contributed by atoms with Crippen molar-refractivity contribution in [3.8, 4) is 0 Å². The fourth-order valence-corrected chi connectivity index (χ4v) is 4.05. The predicted molar refractivity (Wildman–Crippen MR) is 116 cm³/mol. The molecule has 7 heteroatoms. The van der Waals surface area contributed by atoms with Gasteiger partial charge in [-0.05, 0) is 50.2 Å². The van der Waals surface area contributed by atoms with Gasteiger partial charge in [-0.2, -0.15) is 0 Å². The Balaban J connectivity index is 1.47. The second-order valence-corrected chi connectivity index (χ2v) is 8.11. The molecule has 0 atom stereocenters. The van der Waals surface area contributed by atoms with Crippen LogP contribution >= 0.6 is 0 Å². The van der Waals surface area contributed by atoms with Gasteiger partial charge in [0.2, 0.25) is 0 Å². The molecule has 0 radical (unpaired) electrons. The van der Waals surface area contributed by atoms with Crippen LogP contribution in [0.1, 0.15) is 45.1 Å². The highest BCUT2D eigenvalue weighted by Crippen LogP contribution is 2.21. The summed E-state index contributed by atoms with van der Waals surface area (Å²) in [7, 11) is 1.80. The number of hydrogen-bond donors (Lipinski definition) is 1. The maximum absolute atomic E-state index is 11.9. The molecule has 2 saturated heterocycles. The number of hydrogen-bond acceptors (Lipinski definition) is 5. The fraction of sp³-hybridized carbons (Fsp3) is 0.682. The number of guanidine groups is 1. The lowest BCUT2D eigenvalue weighted by Crippen LogP contribution is -2.46. The highest BCUT2D eigenvalue weighted by Gasteiger charge is 2.27. The molecule has 7 nitrogen and oxygen atoms in total. The van der Waals surface area contributed by atoms with Crippen molar-refractivity contribution in [3.05, 3.63) is 23.9 Å². The average molecular weight is 402 g/mol. The molecule has 3 rings (SSSR count). The van der Waals surface area contributed by atoms with E-state index in [1.165, 1.54) is 12.8 Å². The van der Waals surface area contributed by atoms with Crippen molar-refractivity contribution < 1.29 is 9.53 Å². The van der Waals surface area contributed by atoms with Crippen LogP contribution in [0.3, 0.4) is 0 Å². The number of nitrogens with zero attached hydrogens (tertiary/aromatic N) is 4. The number of piperidine rings is 2. The Morgan fingerprint density at radius 2 is 1.93 bits per heavy atom. The third kappa shape index (κ3) is 5.84. The quantitative estimate of drug-likeness (QED) is 0.465. The predicted octanol–water partition coefficient (Wildman–Crippen LogP) is 2.67. The molecule has 2 fully saturated rings. The van der Waals surface area contributed by atoms with E-state index < -0.39 is 0 Å². The number of pyridine rings is 1. The van der Waals surface area contributed by atoms with E-state index in [1.807, 2.05) is 13.1 Å². The van der Waals surface area contributed by atoms with Crippen molar-refractivity contribution in [2.24, 2.45) is 16.8 Å². The highest BCUT2D eigenvalue weighted by molar-refractivity contribution is 5.80. The molecule has 0 spiro atoms. The van der Waals surface area contributed by atoms with Gasteiger partial charge in [0.1, 0.15) is 5.82 Å². The van der Waals surface area contributed by atoms with Crippen molar-refractivity contribution in [2.75, 3.05) is 44.7 Å². The Hall–Kier alpha value is -2.31. The van der Waals surface area contributed by atoms with Gasteiger partial charge in [0.15, 0.2) is 5.96 Å². The largest absolute Gasteiger partial charge is 0.466 e. The maximum atomic E-state index is 11.9. The third-order valence-electron chi connectivity index (χ3n) is 5.99. The minimum atomic E-state index is -0.0653. The molecule has 0 unspecified atom stereocenters. The second kappa shape index (κ2) is 10.5. The van der Waals surface area contributed by atoms with Crippen LogP contribution in [-0.2, 0) is 16.1 Å². The molecule has 0 aliphatic carbocycles. The summed E-state index contributed by atoms with van der Waals surface area (Å²) in [6.45, 7) is 9.14. The lowest BCUT2D eigenvalue weighted by molar-refractivity contribution is -0.149. The smallest absolute Gasteiger partial charge is 0.309 e. The Bertz CT molecular complexity index is 675. The average Bonchev–Trinajstić information content (AvgIpc) is 2.76. The summed E-state index contributed by atoms with van der Waals surface area (Å²) in [5.41, 5.74) is 1.14. The number of esters is 1. The highest BCUT2D eigenvalue weighted by atomic mass is 16.5. The van der Waals surface area contributed by atoms with Crippen LogP contribution in [0.4, 0.5) is 5.82 Å². The normalized spacial score (nSPS) is 19.3. The Morgan fingerprint density at radius 3 is 2.52 bits per heavy atom. The number of carbonyl (C=O) groups excluding carboxylic acids is 1. The zero-order chi connectivity index (χ0) is 20.6. The molecule has 0 amide bonds. The first-order valence-corrected chi connectivity index (χ1v) is 10.9. The molecule has 1 aromatic rings. The van der Waals surface area contributed by atoms with E-state index in [1.54, 1.807) is 7.05 Å². The molecule has 3 heterocycles. The molecule has 160 valence electrons. The Labute approximate surface area is 174 Å². The van der Waals surface area contributed by atoms with Crippen LogP contribution in [0.25, 0.3) is 0 Å². The van der Waals surface area contributed by atoms with Gasteiger partial charge in [0, 0.05) is 46.0 Å². The molecule has 2 aliphatic heterocycles. The molecule has 0 bridgehead atoms. The molecule has 1 aromatic heterocycles. The number of nitrogens with one attached hydrogen (secondary N) is 1. The van der Waals surface area contributed by atoms with Crippen LogP contribution in [0.5, 0.6) is 0 Å². The van der Waals surface area contributed by atoms with Crippen LogP contribution in [0.2, 0.25) is 0 Å². The molecule has 0 aromatic carbocycles. The van der Waals surface area contributed by atoms with E-state index in [0.29, 0.717) is 13.2 Å². The SMILES string of the molecule is CCOC(=O)C1CCN(C(=NC)NCc2ccc(N3CCC(C)CC3)nc2)CC1. The molecular formula is C22H35N5O2. The minimum Gasteiger partial charge on any atom is -0.466 e. The number of rotatable bonds is 5. The maximum Gasteiger partial charge on any atom is 0.309 e. The first kappa shape index (κ1) is 21.4. The molecular weight excluding hydrogens is 366 g/mol. The van der Waals surface area contributed by atoms with Crippen molar-refractivity contribution >= 4 is 17.7 Å². The van der Waals surface area contributed by atoms with E-state index in [9.17, 15) is 4.79 Å². The number of aliphatic imine (C=N–C) groups is 1. The van der Waals surface area contributed by atoms with Gasteiger partial charge in [0.25, 0.3) is 0 Å². The van der Waals surface area contributed by atoms with Crippen LogP contribution in [0, 0.1) is 11.8 Å². The number of anilines is 1. The van der Waals surface area contributed by atoms with Gasteiger partial charge in [-0.25, -0.2) is 4.98 Å². The minimum absolute atomic E-state index is 0.0128. The summed E-state index contributed by atoms with van der Waals surface area (Å²) < 4.78 is 5.15. The fourth-order valence-electron chi connectivity index (χ4n) is 4.05. The lowest BCUT2D eigenvalue weighted by Gasteiger charge is -2.33. The third-order valence-corrected chi connectivity index (χ3v) is 5.99. The summed E-state index contributed by atoms with van der Waals surface area (Å²) in [6.07, 6.45) is 6.07. The Morgan fingerprint density at radius 1 is 1.21 bits per heavy atom. The molecule has 0 saturated carbocycles. The first-order valence-electron chi connectivity index (χ1n) is 10.9. The number of likely N-dealkylation sites (tertiary alicyclic amines) is 1. The summed E-state index contributed by atoms with van der Waals surface area (Å²) >= 11 is 0. The number of aromatic nitrogens is 1. The number of carbonyl (C=O) groups is 1. The van der Waals surface area contributed by atoms with Crippen molar-refractivity contribution in [3.63, 3.8) is 0 Å². The van der Waals surface area contributed by atoms with E-state index in [0.717, 1.165) is 62.3 Å². The van der Waals surface area contributed by atoms with Gasteiger partial charge >= 0.3 is 5.97 Å². The van der Waals surface area contributed by atoms with Gasteiger partial charge in [-0.1, -0.05) is 13.0 Å². The summed E-state index contributed by atoms with van der Waals surface area (Å²) in [4.78, 5) is 25.6. The van der Waals surface area contributed by atoms with Gasteiger partial charge in [-0.3, -0.25) is 9.79 Å². The molecule has 2 aliphatic rings. The summed E-state index contributed by atoms with van der Waals surface area (Å²) in [5.74, 6) is 2.72. The standard InChI is InChI=1S/C22H35N5O2/c1-4-29-21(28)19-9-13-27(14-10-19)22(23-3)25-16-18-5-6-20(24-15-18)26-11-7-17(2)8-12-26/h5-6,15,17,19H,4,7-14,16H2,1-3H3,(H,23,25). The zero-order valence-corrected chi connectivity index (χ0v) is 18.1. The van der Waals surface area contributed by atoms with Crippen molar-refractivity contribution in [1.29, 1.82) is 0 Å². The molecule has 1 N–H and O–H groups in total. The van der Waals surface area contributed by atoms with Gasteiger partial charge in [0.05, 0.1) is 12.5 Å². The summed E-state index contributed by atoms with van der Waals surface area (Å²) in [6, 6.07) is 4.27. The second-order valence-electron chi connectivity index (χ2n) is 8.11. The van der Waals surface area contributed by atoms with E-state index >= 15 is 0 Å². The zero-order valence-electron chi connectivity index (χ0n) is 18.1. The van der Waals surface area contributed by atoms with Crippen LogP contribution in [-0.4, -0.2) is 61.6 Å². The Kier molecular flexibility index (Phi) is 7.72. The summed E-state index contributed by atoms with van der Waals surface area (Å²) in [5, 5.41) is 3.44. The van der Waals surface area contributed by atoms with E-state index in [2.05, 4.69) is 44.1 Å².